The molecule has 7 heteroatoms. The van der Waals surface area contributed by atoms with E-state index >= 15 is 0 Å². The zero-order valence-electron chi connectivity index (χ0n) is 17.7. The highest BCUT2D eigenvalue weighted by molar-refractivity contribution is 8.13. The highest BCUT2D eigenvalue weighted by atomic mass is 32.2. The molecule has 2 aromatic carbocycles. The van der Waals surface area contributed by atoms with Crippen LogP contribution in [0.1, 0.15) is 31.7 Å². The lowest BCUT2D eigenvalue weighted by Crippen LogP contribution is -2.28. The van der Waals surface area contributed by atoms with Gasteiger partial charge in [0, 0.05) is 43.3 Å². The summed E-state index contributed by atoms with van der Waals surface area (Å²) < 4.78 is 0. The van der Waals surface area contributed by atoms with E-state index in [2.05, 4.69) is 19.2 Å². The maximum atomic E-state index is 12.7. The summed E-state index contributed by atoms with van der Waals surface area (Å²) in [5.41, 5.74) is 2.65. The molecule has 1 fully saturated rings. The Balaban J connectivity index is 1.62. The van der Waals surface area contributed by atoms with E-state index in [4.69, 9.17) is 0 Å². The van der Waals surface area contributed by atoms with E-state index in [0.717, 1.165) is 22.3 Å². The highest BCUT2D eigenvalue weighted by Crippen LogP contribution is 2.29. The van der Waals surface area contributed by atoms with Crippen LogP contribution < -0.4 is 10.2 Å². The van der Waals surface area contributed by atoms with Gasteiger partial charge in [0.05, 0.1) is 5.92 Å². The van der Waals surface area contributed by atoms with Crippen molar-refractivity contribution >= 4 is 40.2 Å². The number of anilines is 2. The summed E-state index contributed by atoms with van der Waals surface area (Å²) in [4.78, 5) is 41.0. The summed E-state index contributed by atoms with van der Waals surface area (Å²) >= 11 is 1.13. The second-order valence-electron chi connectivity index (χ2n) is 7.93. The van der Waals surface area contributed by atoms with Gasteiger partial charge in [-0.1, -0.05) is 26.0 Å². The number of hydrogen-bond acceptors (Lipinski definition) is 4. The molecule has 0 bridgehead atoms. The van der Waals surface area contributed by atoms with E-state index in [1.165, 1.54) is 10.5 Å². The van der Waals surface area contributed by atoms with Gasteiger partial charge in [0.25, 0.3) is 5.24 Å². The molecule has 0 aliphatic carbocycles. The van der Waals surface area contributed by atoms with E-state index in [1.54, 1.807) is 43.3 Å². The number of carbonyl (C=O) groups is 3. The molecule has 1 saturated heterocycles. The Morgan fingerprint density at radius 3 is 2.47 bits per heavy atom. The Morgan fingerprint density at radius 2 is 1.83 bits per heavy atom. The quantitative estimate of drug-likeness (QED) is 0.712. The smallest absolute Gasteiger partial charge is 0.285 e. The van der Waals surface area contributed by atoms with E-state index in [1.807, 2.05) is 24.3 Å². The minimum Gasteiger partial charge on any atom is -0.339 e. The van der Waals surface area contributed by atoms with Crippen molar-refractivity contribution in [2.24, 2.45) is 5.92 Å². The number of amides is 3. The van der Waals surface area contributed by atoms with Crippen LogP contribution in [0.2, 0.25) is 0 Å². The Hall–Kier alpha value is -2.80. The summed E-state index contributed by atoms with van der Waals surface area (Å²) in [6.07, 6.45) is 0.197. The van der Waals surface area contributed by atoms with Gasteiger partial charge >= 0.3 is 0 Å². The Morgan fingerprint density at radius 1 is 1.13 bits per heavy atom. The van der Waals surface area contributed by atoms with Gasteiger partial charge in [-0.2, -0.15) is 0 Å². The average Bonchev–Trinajstić information content (AvgIpc) is 3.11. The number of thioether (sulfide) groups is 1. The first kappa shape index (κ1) is 21.9. The van der Waals surface area contributed by atoms with Gasteiger partial charge in [0.1, 0.15) is 0 Å². The fraction of sp³-hybridized carbons (Fsp3) is 0.348. The summed E-state index contributed by atoms with van der Waals surface area (Å²) in [5.74, 6) is -0.235. The Bertz CT molecular complexity index is 941. The van der Waals surface area contributed by atoms with E-state index in [9.17, 15) is 14.4 Å². The van der Waals surface area contributed by atoms with Crippen molar-refractivity contribution in [3.05, 3.63) is 54.1 Å². The summed E-state index contributed by atoms with van der Waals surface area (Å²) in [7, 11) is 3.41. The third-order valence-electron chi connectivity index (χ3n) is 5.04. The van der Waals surface area contributed by atoms with Gasteiger partial charge in [-0.05, 0) is 59.6 Å². The monoisotopic (exact) mass is 425 g/mol. The molecule has 1 N–H and O–H groups in total. The largest absolute Gasteiger partial charge is 0.339 e. The van der Waals surface area contributed by atoms with Crippen LogP contribution in [0.3, 0.4) is 0 Å². The lowest BCUT2D eigenvalue weighted by molar-refractivity contribution is -0.122. The molecular formula is C23H27N3O3S. The molecule has 6 nitrogen and oxygen atoms in total. The van der Waals surface area contributed by atoms with Crippen LogP contribution >= 0.6 is 11.8 Å². The van der Waals surface area contributed by atoms with Crippen molar-refractivity contribution in [2.45, 2.75) is 31.1 Å². The Labute approximate surface area is 181 Å². The molecule has 1 atom stereocenters. The third kappa shape index (κ3) is 5.21. The van der Waals surface area contributed by atoms with E-state index in [0.29, 0.717) is 18.2 Å². The number of carbonyl (C=O) groups excluding carboxylic acids is 3. The molecule has 1 aliphatic heterocycles. The minimum absolute atomic E-state index is 0.0370. The molecule has 0 aromatic heterocycles. The van der Waals surface area contributed by atoms with Crippen LogP contribution in [-0.4, -0.2) is 42.6 Å². The van der Waals surface area contributed by atoms with Crippen LogP contribution in [0.15, 0.2) is 53.4 Å². The van der Waals surface area contributed by atoms with Crippen molar-refractivity contribution in [2.75, 3.05) is 30.9 Å². The molecule has 158 valence electrons. The van der Waals surface area contributed by atoms with Gasteiger partial charge < -0.3 is 15.1 Å². The molecule has 0 saturated carbocycles. The molecule has 30 heavy (non-hydrogen) atoms. The Kier molecular flexibility index (Phi) is 6.82. The van der Waals surface area contributed by atoms with Gasteiger partial charge in [-0.3, -0.25) is 14.4 Å². The number of nitrogens with one attached hydrogen (secondary N) is 1. The van der Waals surface area contributed by atoms with Crippen LogP contribution in [0.5, 0.6) is 0 Å². The zero-order valence-corrected chi connectivity index (χ0v) is 18.5. The zero-order chi connectivity index (χ0) is 21.8. The SMILES string of the molecule is CC(C)c1cccc(N2CC(C(=O)Nc3ccc(SC(=O)N(C)C)cc3)CC2=O)c1. The van der Waals surface area contributed by atoms with Gasteiger partial charge in [0.2, 0.25) is 11.8 Å². The van der Waals surface area contributed by atoms with Crippen LogP contribution in [0, 0.1) is 5.92 Å². The lowest BCUT2D eigenvalue weighted by Gasteiger charge is -2.18. The molecule has 3 amide bonds. The van der Waals surface area contributed by atoms with Crippen molar-refractivity contribution in [1.29, 1.82) is 0 Å². The molecule has 2 aromatic rings. The molecule has 3 rings (SSSR count). The summed E-state index contributed by atoms with van der Waals surface area (Å²) in [6, 6.07) is 15.1. The second kappa shape index (κ2) is 9.34. The molecule has 1 unspecified atom stereocenters. The molecule has 1 heterocycles. The van der Waals surface area contributed by atoms with Gasteiger partial charge in [-0.25, -0.2) is 0 Å². The van der Waals surface area contributed by atoms with E-state index in [-0.39, 0.29) is 23.5 Å². The maximum absolute atomic E-state index is 12.7. The summed E-state index contributed by atoms with van der Waals surface area (Å²) in [6.45, 7) is 4.60. The first-order valence-electron chi connectivity index (χ1n) is 9.95. The number of nitrogens with zero attached hydrogens (tertiary/aromatic N) is 2. The lowest BCUT2D eigenvalue weighted by atomic mass is 10.0. The van der Waals surface area contributed by atoms with Crippen molar-refractivity contribution < 1.29 is 14.4 Å². The van der Waals surface area contributed by atoms with Crippen LogP contribution in [0.25, 0.3) is 0 Å². The fourth-order valence-corrected chi connectivity index (χ4v) is 3.88. The average molecular weight is 426 g/mol. The van der Waals surface area contributed by atoms with Gasteiger partial charge in [-0.15, -0.1) is 0 Å². The summed E-state index contributed by atoms with van der Waals surface area (Å²) in [5, 5.41) is 2.83. The standard InChI is InChI=1S/C23H27N3O3S/c1-15(2)16-6-5-7-19(12-16)26-14-17(13-21(26)27)22(28)24-18-8-10-20(11-9-18)30-23(29)25(3)4/h5-12,15,17H,13-14H2,1-4H3,(H,24,28). The minimum atomic E-state index is -0.399. The van der Waals surface area contributed by atoms with Crippen LogP contribution in [0.4, 0.5) is 16.2 Å². The topological polar surface area (TPSA) is 69.7 Å². The first-order valence-corrected chi connectivity index (χ1v) is 10.8. The van der Waals surface area contributed by atoms with Gasteiger partial charge in [0.15, 0.2) is 0 Å². The molecule has 0 spiro atoms. The van der Waals surface area contributed by atoms with Crippen molar-refractivity contribution in [1.82, 2.24) is 4.90 Å². The first-order chi connectivity index (χ1) is 14.2. The van der Waals surface area contributed by atoms with E-state index < -0.39 is 5.92 Å². The highest BCUT2D eigenvalue weighted by Gasteiger charge is 2.35. The number of rotatable bonds is 5. The maximum Gasteiger partial charge on any atom is 0.285 e. The second-order valence-corrected chi connectivity index (χ2v) is 8.96. The predicted molar refractivity (Wildman–Crippen MR) is 121 cm³/mol. The number of benzene rings is 2. The molecule has 1 aliphatic rings. The normalized spacial score (nSPS) is 16.1. The third-order valence-corrected chi connectivity index (χ3v) is 6.08. The van der Waals surface area contributed by atoms with Crippen LogP contribution in [-0.2, 0) is 9.59 Å². The van der Waals surface area contributed by atoms with Crippen molar-refractivity contribution in [3.63, 3.8) is 0 Å². The molecular weight excluding hydrogens is 398 g/mol. The molecule has 0 radical (unpaired) electrons. The van der Waals surface area contributed by atoms with Crippen molar-refractivity contribution in [3.8, 4) is 0 Å². The predicted octanol–water partition coefficient (Wildman–Crippen LogP) is 4.58. The fourth-order valence-electron chi connectivity index (χ4n) is 3.23. The number of hydrogen-bond donors (Lipinski definition) is 1.